The lowest BCUT2D eigenvalue weighted by molar-refractivity contribution is -0.149. The van der Waals surface area contributed by atoms with E-state index in [1.165, 1.54) is 4.90 Å². The average molecular weight is 416 g/mol. The number of alkyl halides is 6. The number of aromatic nitrogens is 3. The first-order chi connectivity index (χ1) is 12.5. The highest BCUT2D eigenvalue weighted by Crippen LogP contribution is 2.35. The predicted molar refractivity (Wildman–Crippen MR) is 86.5 cm³/mol. The van der Waals surface area contributed by atoms with Crippen LogP contribution in [0.1, 0.15) is 5.69 Å². The molecule has 0 atom stereocenters. The second-order valence-electron chi connectivity index (χ2n) is 6.31. The van der Waals surface area contributed by atoms with Crippen LogP contribution >= 0.6 is 11.6 Å². The van der Waals surface area contributed by atoms with Crippen molar-refractivity contribution >= 4 is 22.6 Å². The van der Waals surface area contributed by atoms with Crippen LogP contribution in [0.5, 0.6) is 0 Å². The summed E-state index contributed by atoms with van der Waals surface area (Å²) >= 11 is 5.87. The van der Waals surface area contributed by atoms with Crippen molar-refractivity contribution in [1.82, 2.24) is 24.3 Å². The van der Waals surface area contributed by atoms with Gasteiger partial charge in [-0.1, -0.05) is 11.6 Å². The first-order valence-electron chi connectivity index (χ1n) is 8.13. The Labute approximate surface area is 155 Å². The second kappa shape index (κ2) is 7.44. The van der Waals surface area contributed by atoms with Crippen molar-refractivity contribution in [3.63, 3.8) is 0 Å². The lowest BCUT2D eigenvalue weighted by atomic mass is 10.3. The molecule has 5 nitrogen and oxygen atoms in total. The third-order valence-electron chi connectivity index (χ3n) is 4.44. The molecule has 1 aliphatic heterocycles. The van der Waals surface area contributed by atoms with Gasteiger partial charge in [-0.05, 0) is 6.07 Å². The predicted octanol–water partition coefficient (Wildman–Crippen LogP) is 3.28. The fourth-order valence-corrected chi connectivity index (χ4v) is 3.34. The van der Waals surface area contributed by atoms with E-state index in [1.54, 1.807) is 0 Å². The van der Waals surface area contributed by atoms with E-state index < -0.39 is 24.6 Å². The molecule has 3 heterocycles. The van der Waals surface area contributed by atoms with E-state index in [9.17, 15) is 26.3 Å². The van der Waals surface area contributed by atoms with E-state index in [4.69, 9.17) is 11.6 Å². The molecule has 150 valence electrons. The van der Waals surface area contributed by atoms with Crippen LogP contribution in [0, 0.1) is 0 Å². The van der Waals surface area contributed by atoms with E-state index in [2.05, 4.69) is 9.97 Å². The van der Waals surface area contributed by atoms with Gasteiger partial charge in [0.2, 0.25) is 0 Å². The highest BCUT2D eigenvalue weighted by molar-refractivity contribution is 6.33. The molecule has 0 aromatic carbocycles. The van der Waals surface area contributed by atoms with Crippen molar-refractivity contribution in [1.29, 1.82) is 0 Å². The molecule has 2 aromatic rings. The van der Waals surface area contributed by atoms with Crippen LogP contribution in [0.2, 0.25) is 5.15 Å². The standard InChI is InChI=1S/C15H16ClF6N5/c16-12-10-7-11(15(20,21)22)27(13(10)24-9-23-12)6-5-25-1-3-26(4-2-25)8-14(17,18)19/h7,9H,1-6,8H2. The quantitative estimate of drug-likeness (QED) is 0.567. The van der Waals surface area contributed by atoms with Crippen LogP contribution in [0.4, 0.5) is 26.3 Å². The molecule has 0 aliphatic carbocycles. The summed E-state index contributed by atoms with van der Waals surface area (Å²) < 4.78 is 78.4. The largest absolute Gasteiger partial charge is 0.431 e. The highest BCUT2D eigenvalue weighted by atomic mass is 35.5. The molecule has 0 amide bonds. The van der Waals surface area contributed by atoms with Crippen LogP contribution in [0.3, 0.4) is 0 Å². The van der Waals surface area contributed by atoms with Crippen molar-refractivity contribution < 1.29 is 26.3 Å². The first kappa shape index (κ1) is 20.2. The Morgan fingerprint density at radius 2 is 1.56 bits per heavy atom. The summed E-state index contributed by atoms with van der Waals surface area (Å²) in [6.45, 7) is 0.410. The molecular weight excluding hydrogens is 400 g/mol. The van der Waals surface area contributed by atoms with Crippen molar-refractivity contribution in [2.45, 2.75) is 18.9 Å². The lowest BCUT2D eigenvalue weighted by Gasteiger charge is -2.35. The number of nitrogens with zero attached hydrogens (tertiary/aromatic N) is 5. The first-order valence-corrected chi connectivity index (χ1v) is 8.51. The monoisotopic (exact) mass is 415 g/mol. The van der Waals surface area contributed by atoms with Crippen LogP contribution in [0.25, 0.3) is 11.0 Å². The number of rotatable bonds is 4. The second-order valence-corrected chi connectivity index (χ2v) is 6.67. The van der Waals surface area contributed by atoms with Gasteiger partial charge in [-0.3, -0.25) is 9.80 Å². The molecule has 12 heteroatoms. The molecular formula is C15H16ClF6N5. The van der Waals surface area contributed by atoms with Crippen LogP contribution < -0.4 is 0 Å². The molecule has 0 radical (unpaired) electrons. The molecule has 1 saturated heterocycles. The maximum atomic E-state index is 13.4. The summed E-state index contributed by atoms with van der Waals surface area (Å²) in [5.41, 5.74) is -0.798. The molecule has 0 bridgehead atoms. The molecule has 1 fully saturated rings. The van der Waals surface area contributed by atoms with Gasteiger partial charge in [0.25, 0.3) is 0 Å². The zero-order valence-corrected chi connectivity index (χ0v) is 14.7. The lowest BCUT2D eigenvalue weighted by Crippen LogP contribution is -2.49. The van der Waals surface area contributed by atoms with Crippen molar-refractivity contribution in [3.05, 3.63) is 23.2 Å². The van der Waals surface area contributed by atoms with Crippen LogP contribution in [-0.4, -0.2) is 69.8 Å². The van der Waals surface area contributed by atoms with Gasteiger partial charge in [0, 0.05) is 39.3 Å². The third-order valence-corrected chi connectivity index (χ3v) is 4.74. The molecule has 1 aliphatic rings. The minimum atomic E-state index is -4.59. The molecule has 0 N–H and O–H groups in total. The fourth-order valence-electron chi connectivity index (χ4n) is 3.16. The Bertz CT molecular complexity index is 794. The molecule has 0 spiro atoms. The van der Waals surface area contributed by atoms with Gasteiger partial charge in [0.15, 0.2) is 0 Å². The molecule has 2 aromatic heterocycles. The number of hydrogen-bond acceptors (Lipinski definition) is 4. The molecule has 3 rings (SSSR count). The van der Waals surface area contributed by atoms with Crippen molar-refractivity contribution in [2.75, 3.05) is 39.3 Å². The maximum Gasteiger partial charge on any atom is 0.431 e. The van der Waals surface area contributed by atoms with Crippen molar-refractivity contribution in [3.8, 4) is 0 Å². The summed E-state index contributed by atoms with van der Waals surface area (Å²) in [5, 5.41) is 0.0477. The molecule has 0 unspecified atom stereocenters. The number of piperazine rings is 1. The van der Waals surface area contributed by atoms with Gasteiger partial charge in [0.05, 0.1) is 11.9 Å². The Morgan fingerprint density at radius 3 is 2.15 bits per heavy atom. The number of fused-ring (bicyclic) bond motifs is 1. The molecule has 0 saturated carbocycles. The summed E-state index contributed by atoms with van der Waals surface area (Å²) in [6.07, 6.45) is -7.75. The average Bonchev–Trinajstić information content (AvgIpc) is 2.93. The SMILES string of the molecule is FC(F)(F)CN1CCN(CCn2c(C(F)(F)F)cc3c(Cl)ncnc32)CC1. The topological polar surface area (TPSA) is 37.2 Å². The normalized spacial score (nSPS) is 17.7. The summed E-state index contributed by atoms with van der Waals surface area (Å²) in [4.78, 5) is 10.7. The smallest absolute Gasteiger partial charge is 0.320 e. The minimum Gasteiger partial charge on any atom is -0.320 e. The zero-order valence-electron chi connectivity index (χ0n) is 14.0. The van der Waals surface area contributed by atoms with E-state index in [0.29, 0.717) is 13.1 Å². The van der Waals surface area contributed by atoms with Gasteiger partial charge >= 0.3 is 12.4 Å². The van der Waals surface area contributed by atoms with Gasteiger partial charge in [-0.15, -0.1) is 0 Å². The Balaban J connectivity index is 1.70. The minimum absolute atomic E-state index is 0.00897. The van der Waals surface area contributed by atoms with E-state index in [1.807, 2.05) is 4.90 Å². The fraction of sp³-hybridized carbons (Fsp3) is 0.600. The van der Waals surface area contributed by atoms with E-state index in [-0.39, 0.29) is 42.4 Å². The Kier molecular flexibility index (Phi) is 5.55. The van der Waals surface area contributed by atoms with Crippen molar-refractivity contribution in [2.24, 2.45) is 0 Å². The number of hydrogen-bond donors (Lipinski definition) is 0. The van der Waals surface area contributed by atoms with E-state index in [0.717, 1.165) is 17.0 Å². The Morgan fingerprint density at radius 1 is 0.926 bits per heavy atom. The summed E-state index contributed by atoms with van der Waals surface area (Å²) in [7, 11) is 0. The molecule has 27 heavy (non-hydrogen) atoms. The van der Waals surface area contributed by atoms with Gasteiger partial charge in [-0.2, -0.15) is 26.3 Å². The third kappa shape index (κ3) is 4.82. The Hall–Kier alpha value is -1.59. The summed E-state index contributed by atoms with van der Waals surface area (Å²) in [5.74, 6) is 0. The number of halogens is 7. The van der Waals surface area contributed by atoms with Gasteiger partial charge in [0.1, 0.15) is 22.8 Å². The van der Waals surface area contributed by atoms with Crippen LogP contribution in [0.15, 0.2) is 12.4 Å². The van der Waals surface area contributed by atoms with Gasteiger partial charge < -0.3 is 4.57 Å². The van der Waals surface area contributed by atoms with E-state index >= 15 is 0 Å². The van der Waals surface area contributed by atoms with Gasteiger partial charge in [-0.25, -0.2) is 9.97 Å². The zero-order chi connectivity index (χ0) is 19.8. The van der Waals surface area contributed by atoms with Crippen LogP contribution in [-0.2, 0) is 12.7 Å². The highest BCUT2D eigenvalue weighted by Gasteiger charge is 2.36. The summed E-state index contributed by atoms with van der Waals surface area (Å²) in [6, 6.07) is 0.916. The maximum absolute atomic E-state index is 13.4.